The van der Waals surface area contributed by atoms with Gasteiger partial charge in [0.05, 0.1) is 55.9 Å². The summed E-state index contributed by atoms with van der Waals surface area (Å²) >= 11 is 0. The van der Waals surface area contributed by atoms with Crippen molar-refractivity contribution in [2.75, 3.05) is 0 Å². The summed E-state index contributed by atoms with van der Waals surface area (Å²) in [7, 11) is 0. The van der Waals surface area contributed by atoms with Crippen LogP contribution in [0.2, 0.25) is 0 Å². The maximum Gasteiger partial charge on any atom is 1.00 e. The molecule has 8 N–H and O–H groups in total. The second kappa shape index (κ2) is 14.7. The van der Waals surface area contributed by atoms with Gasteiger partial charge in [-0.15, -0.1) is 5.92 Å². The second-order valence-corrected chi connectivity index (χ2v) is 17.3. The minimum Gasteiger partial charge on any atom is -0.374 e. The molecule has 0 spiro atoms. The maximum atomic E-state index is 6.64. The number of rotatable bonds is 3. The summed E-state index contributed by atoms with van der Waals surface area (Å²) < 4.78 is 6.64. The molecule has 5 aliphatic heterocycles. The molecule has 17 unspecified atom stereocenters. The van der Waals surface area contributed by atoms with Gasteiger partial charge in [-0.05, 0) is 91.9 Å². The number of fused-ring (bicyclic) bond motifs is 20. The van der Waals surface area contributed by atoms with E-state index < -0.39 is 0 Å². The molecule has 9 aliphatic rings. The first kappa shape index (κ1) is 34.2. The third kappa shape index (κ3) is 6.51. The van der Waals surface area contributed by atoms with Crippen molar-refractivity contribution in [2.24, 2.45) is 47.3 Å². The average Bonchev–Trinajstić information content (AvgIpc) is 3.87. The van der Waals surface area contributed by atoms with Gasteiger partial charge >= 0.3 is 17.1 Å². The molecule has 17 atom stereocenters. The van der Waals surface area contributed by atoms with Crippen LogP contribution in [0.1, 0.15) is 95.5 Å². The zero-order valence-electron chi connectivity index (χ0n) is 29.1. The van der Waals surface area contributed by atoms with E-state index in [1.165, 1.54) is 82.6 Å². The molecule has 10 rings (SSSR count). The Bertz CT molecular complexity index is 1260. The molecular formula is C39H61CuN8O. The van der Waals surface area contributed by atoms with Crippen molar-refractivity contribution in [3.63, 3.8) is 0 Å². The van der Waals surface area contributed by atoms with Crippen LogP contribution in [-0.4, -0.2) is 55.4 Å². The Morgan fingerprint density at radius 1 is 0.490 bits per heavy atom. The van der Waals surface area contributed by atoms with Gasteiger partial charge in [-0.1, -0.05) is 68.9 Å². The van der Waals surface area contributed by atoms with E-state index in [1.54, 1.807) is 0 Å². The molecule has 5 heterocycles. The van der Waals surface area contributed by atoms with Crippen molar-refractivity contribution in [1.82, 2.24) is 42.5 Å². The number of benzene rings is 1. The fourth-order valence-electron chi connectivity index (χ4n) is 12.6. The molecule has 0 radical (unpaired) electrons. The molecule has 4 saturated carbocycles. The van der Waals surface area contributed by atoms with Gasteiger partial charge in [0, 0.05) is 6.17 Å². The molecule has 1 aromatic rings. The zero-order valence-corrected chi connectivity index (χ0v) is 30.0. The number of ether oxygens (including phenoxy) is 1. The zero-order chi connectivity index (χ0) is 31.6. The van der Waals surface area contributed by atoms with Crippen LogP contribution in [0.4, 0.5) is 0 Å². The molecule has 9 fully saturated rings. The summed E-state index contributed by atoms with van der Waals surface area (Å²) in [6.45, 7) is 0.718. The first-order valence-electron chi connectivity index (χ1n) is 20.3. The molecule has 8 bridgehead atoms. The monoisotopic (exact) mass is 720 g/mol. The average molecular weight is 722 g/mol. The van der Waals surface area contributed by atoms with Crippen molar-refractivity contribution < 1.29 is 21.8 Å². The van der Waals surface area contributed by atoms with E-state index in [0.29, 0.717) is 96.6 Å². The summed E-state index contributed by atoms with van der Waals surface area (Å²) in [5, 5.41) is 33.9. The third-order valence-corrected chi connectivity index (χ3v) is 14.9. The predicted molar refractivity (Wildman–Crippen MR) is 187 cm³/mol. The Labute approximate surface area is 305 Å². The molecule has 4 aliphatic carbocycles. The Hall–Kier alpha value is -0.621. The largest absolute Gasteiger partial charge is 1.00 e. The van der Waals surface area contributed by atoms with Crippen molar-refractivity contribution in [1.29, 1.82) is 0 Å². The van der Waals surface area contributed by atoms with Crippen LogP contribution in [0.5, 0.6) is 0 Å². The molecule has 5 saturated heterocycles. The SMILES string of the molecule is [Cu+].c1ccc(COC2CCC3C4NC5NC(NC6NC(NC7NC(NC(N4)C3C2)C2CCCCC72)C2CCCCC62)C2[CH-]CCCC52)cc1. The normalized spacial score (nSPS) is 50.4. The van der Waals surface area contributed by atoms with Gasteiger partial charge in [-0.2, -0.15) is 6.42 Å². The van der Waals surface area contributed by atoms with Crippen LogP contribution in [0, 0.1) is 53.8 Å². The standard InChI is InChI=1S/C39H61N8O.Cu/c1-2-10-22(11-3-1)21-48-23-18-19-30-31(20-23)39-46-37-29-17-9-8-16-28(29)35(44-37)42-33-25-13-5-4-12-24(25)32(40-33)41-34-26-14-6-7-15-27(26)36(43-34)45-38(30)47-39;/h1-3,10-11,14,23-47H,4-9,12-13,15-21H2;/q-1;+1. The molecule has 0 aromatic heterocycles. The van der Waals surface area contributed by atoms with E-state index in [0.717, 1.165) is 19.4 Å². The minimum atomic E-state index is 0. The van der Waals surface area contributed by atoms with E-state index in [9.17, 15) is 0 Å². The van der Waals surface area contributed by atoms with Crippen LogP contribution >= 0.6 is 0 Å². The van der Waals surface area contributed by atoms with Gasteiger partial charge in [0.15, 0.2) is 0 Å². The molecule has 0 amide bonds. The fraction of sp³-hybridized carbons (Fsp3) is 0.821. The maximum absolute atomic E-state index is 6.64. The summed E-state index contributed by atoms with van der Waals surface area (Å²) in [5.74, 6) is 5.16. The van der Waals surface area contributed by atoms with Crippen LogP contribution in [0.15, 0.2) is 30.3 Å². The van der Waals surface area contributed by atoms with E-state index in [4.69, 9.17) is 4.74 Å². The van der Waals surface area contributed by atoms with Gasteiger partial charge < -0.3 is 11.2 Å². The molecule has 274 valence electrons. The van der Waals surface area contributed by atoms with Crippen molar-refractivity contribution in [2.45, 2.75) is 152 Å². The van der Waals surface area contributed by atoms with Crippen molar-refractivity contribution in [3.05, 3.63) is 42.3 Å². The third-order valence-electron chi connectivity index (χ3n) is 14.9. The number of hydrogen-bond donors (Lipinski definition) is 8. The summed E-state index contributed by atoms with van der Waals surface area (Å²) in [5.41, 5.74) is 1.28. The topological polar surface area (TPSA) is 105 Å². The van der Waals surface area contributed by atoms with E-state index in [2.05, 4.69) is 79.3 Å². The van der Waals surface area contributed by atoms with Gasteiger partial charge in [0.1, 0.15) is 0 Å². The van der Waals surface area contributed by atoms with Gasteiger partial charge in [0.2, 0.25) is 0 Å². The van der Waals surface area contributed by atoms with Crippen LogP contribution < -0.4 is 42.5 Å². The van der Waals surface area contributed by atoms with E-state index >= 15 is 0 Å². The first-order valence-corrected chi connectivity index (χ1v) is 20.3. The Morgan fingerprint density at radius 2 is 0.939 bits per heavy atom. The van der Waals surface area contributed by atoms with E-state index in [1.807, 2.05) is 0 Å². The van der Waals surface area contributed by atoms with Gasteiger partial charge in [-0.25, -0.2) is 0 Å². The summed E-state index contributed by atoms with van der Waals surface area (Å²) in [6.07, 6.45) is 23.9. The van der Waals surface area contributed by atoms with Gasteiger partial charge in [0.25, 0.3) is 0 Å². The second-order valence-electron chi connectivity index (χ2n) is 17.3. The Morgan fingerprint density at radius 3 is 1.49 bits per heavy atom. The molecule has 9 nitrogen and oxygen atoms in total. The van der Waals surface area contributed by atoms with Crippen LogP contribution in [0.3, 0.4) is 0 Å². The molecular weight excluding hydrogens is 660 g/mol. The van der Waals surface area contributed by atoms with Crippen LogP contribution in [0.25, 0.3) is 0 Å². The fourth-order valence-corrected chi connectivity index (χ4v) is 12.6. The molecule has 1 aromatic carbocycles. The van der Waals surface area contributed by atoms with Crippen molar-refractivity contribution in [3.8, 4) is 0 Å². The Balaban J connectivity index is 0.00000325. The van der Waals surface area contributed by atoms with E-state index in [-0.39, 0.29) is 23.2 Å². The quantitative estimate of drug-likeness (QED) is 0.176. The minimum absolute atomic E-state index is 0. The molecule has 49 heavy (non-hydrogen) atoms. The summed E-state index contributed by atoms with van der Waals surface area (Å²) in [4.78, 5) is 0. The number of nitrogens with one attached hydrogen (secondary N) is 8. The predicted octanol–water partition coefficient (Wildman–Crippen LogP) is 3.61. The smallest absolute Gasteiger partial charge is 0.374 e. The van der Waals surface area contributed by atoms with Crippen molar-refractivity contribution >= 4 is 0 Å². The number of hydrogen-bond acceptors (Lipinski definition) is 9. The first-order chi connectivity index (χ1) is 23.7. The molecule has 10 heteroatoms. The van der Waals surface area contributed by atoms with Gasteiger partial charge in [-0.3, -0.25) is 42.5 Å². The Kier molecular flexibility index (Phi) is 10.2. The van der Waals surface area contributed by atoms with Crippen LogP contribution in [-0.2, 0) is 28.4 Å². The summed E-state index contributed by atoms with van der Waals surface area (Å²) in [6, 6.07) is 10.7.